The third-order valence-corrected chi connectivity index (χ3v) is 6.52. The van der Waals surface area contributed by atoms with Gasteiger partial charge in [0.15, 0.2) is 5.65 Å². The molecule has 0 unspecified atom stereocenters. The van der Waals surface area contributed by atoms with Crippen LogP contribution in [0.2, 0.25) is 0 Å². The van der Waals surface area contributed by atoms with Gasteiger partial charge < -0.3 is 9.64 Å². The van der Waals surface area contributed by atoms with Crippen LogP contribution in [0.3, 0.4) is 0 Å². The molecule has 150 valence electrons. The number of morpholine rings is 1. The molecule has 0 saturated carbocycles. The molecule has 0 aromatic carbocycles. The van der Waals surface area contributed by atoms with E-state index in [9.17, 15) is 0 Å². The van der Waals surface area contributed by atoms with E-state index in [2.05, 4.69) is 46.6 Å². The Kier molecular flexibility index (Phi) is 4.02. The van der Waals surface area contributed by atoms with Gasteiger partial charge in [-0.2, -0.15) is 5.10 Å². The molecule has 8 nitrogen and oxygen atoms in total. The summed E-state index contributed by atoms with van der Waals surface area (Å²) in [5, 5.41) is 4.69. The van der Waals surface area contributed by atoms with Gasteiger partial charge in [0, 0.05) is 73.9 Å². The van der Waals surface area contributed by atoms with Crippen LogP contribution in [0.15, 0.2) is 24.7 Å². The van der Waals surface area contributed by atoms with E-state index in [0.29, 0.717) is 12.1 Å². The molecule has 2 bridgehead atoms. The minimum absolute atomic E-state index is 0.407. The average molecular weight is 391 g/mol. The van der Waals surface area contributed by atoms with Gasteiger partial charge in [0.1, 0.15) is 0 Å². The number of anilines is 1. The summed E-state index contributed by atoms with van der Waals surface area (Å²) in [6, 6.07) is 3.01. The zero-order chi connectivity index (χ0) is 19.4. The number of aryl methyl sites for hydroxylation is 1. The number of hydrogen-bond donors (Lipinski definition) is 0. The molecule has 0 spiro atoms. The minimum Gasteiger partial charge on any atom is -0.378 e. The minimum atomic E-state index is 0.407. The van der Waals surface area contributed by atoms with Crippen molar-refractivity contribution in [3.8, 4) is 0 Å². The van der Waals surface area contributed by atoms with Crippen LogP contribution >= 0.6 is 0 Å². The van der Waals surface area contributed by atoms with E-state index in [4.69, 9.17) is 4.74 Å². The number of nitrogens with zero attached hydrogens (tertiary/aromatic N) is 7. The Hall–Kier alpha value is -2.58. The lowest BCUT2D eigenvalue weighted by Crippen LogP contribution is -2.38. The van der Waals surface area contributed by atoms with Gasteiger partial charge in [-0.1, -0.05) is 0 Å². The van der Waals surface area contributed by atoms with Crippen molar-refractivity contribution in [3.05, 3.63) is 47.2 Å². The van der Waals surface area contributed by atoms with E-state index in [1.807, 2.05) is 19.3 Å². The molecule has 3 aromatic heterocycles. The maximum absolute atomic E-state index is 5.42. The fourth-order valence-corrected chi connectivity index (χ4v) is 5.11. The number of fused-ring (bicyclic) bond motifs is 6. The van der Waals surface area contributed by atoms with E-state index in [-0.39, 0.29) is 0 Å². The quantitative estimate of drug-likeness (QED) is 0.675. The lowest BCUT2D eigenvalue weighted by molar-refractivity contribution is 0.122. The standard InChI is InChI=1S/C21H25N7O/c1-14-8-20-22-12-17-18-3-2-16(9-19(17)28(20)25-14)27(18)13-15-10-23-21(24-11-15)26-4-6-29-7-5-26/h8,10-12,16,18H,2-7,9,13H2,1H3/t16-,18-/m0/s1. The van der Waals surface area contributed by atoms with Gasteiger partial charge in [0.25, 0.3) is 0 Å². The lowest BCUT2D eigenvalue weighted by atomic mass is 9.98. The van der Waals surface area contributed by atoms with Crippen molar-refractivity contribution in [1.82, 2.24) is 29.5 Å². The van der Waals surface area contributed by atoms with Crippen molar-refractivity contribution < 1.29 is 4.74 Å². The normalized spacial score (nSPS) is 24.2. The molecule has 8 heteroatoms. The predicted octanol–water partition coefficient (Wildman–Crippen LogP) is 1.93. The fraction of sp³-hybridized carbons (Fsp3) is 0.524. The van der Waals surface area contributed by atoms with Gasteiger partial charge in [-0.15, -0.1) is 0 Å². The van der Waals surface area contributed by atoms with Crippen LogP contribution in [0.1, 0.15) is 41.4 Å². The monoisotopic (exact) mass is 391 g/mol. The van der Waals surface area contributed by atoms with Gasteiger partial charge in [0.05, 0.1) is 24.6 Å². The van der Waals surface area contributed by atoms with Crippen LogP contribution in [0.5, 0.6) is 0 Å². The second-order valence-corrected chi connectivity index (χ2v) is 8.33. The molecule has 0 N–H and O–H groups in total. The smallest absolute Gasteiger partial charge is 0.225 e. The topological polar surface area (TPSA) is 71.7 Å². The van der Waals surface area contributed by atoms with Crippen molar-refractivity contribution >= 4 is 11.6 Å². The van der Waals surface area contributed by atoms with Crippen LogP contribution in [0, 0.1) is 6.92 Å². The Balaban J connectivity index is 1.25. The molecular weight excluding hydrogens is 366 g/mol. The number of ether oxygens (including phenoxy) is 1. The highest BCUT2D eigenvalue weighted by Crippen LogP contribution is 2.44. The fourth-order valence-electron chi connectivity index (χ4n) is 5.11. The van der Waals surface area contributed by atoms with Crippen LogP contribution in [0.25, 0.3) is 5.65 Å². The molecule has 2 fully saturated rings. The molecule has 2 atom stereocenters. The van der Waals surface area contributed by atoms with E-state index in [0.717, 1.165) is 56.6 Å². The molecule has 2 saturated heterocycles. The molecular formula is C21H25N7O. The van der Waals surface area contributed by atoms with E-state index in [1.54, 1.807) is 0 Å². The van der Waals surface area contributed by atoms with Crippen molar-refractivity contribution in [2.45, 2.75) is 44.8 Å². The van der Waals surface area contributed by atoms with Gasteiger partial charge in [-0.3, -0.25) is 4.90 Å². The summed E-state index contributed by atoms with van der Waals surface area (Å²) in [6.07, 6.45) is 9.48. The lowest BCUT2D eigenvalue weighted by Gasteiger charge is -2.36. The second-order valence-electron chi connectivity index (χ2n) is 8.33. The molecule has 0 amide bonds. The third kappa shape index (κ3) is 2.89. The highest BCUT2D eigenvalue weighted by Gasteiger charge is 2.41. The number of rotatable bonds is 3. The SMILES string of the molecule is Cc1cc2ncc3c(n2n1)C[C@@H]1CC[C@@H]3N1Cc1cnc(N2CCOCC2)nc1. The molecule has 0 radical (unpaired) electrons. The summed E-state index contributed by atoms with van der Waals surface area (Å²) in [5.74, 6) is 0.810. The van der Waals surface area contributed by atoms with Crippen LogP contribution in [-0.4, -0.2) is 61.8 Å². The second kappa shape index (κ2) is 6.74. The predicted molar refractivity (Wildman–Crippen MR) is 108 cm³/mol. The maximum atomic E-state index is 5.42. The van der Waals surface area contributed by atoms with Gasteiger partial charge in [0.2, 0.25) is 5.95 Å². The molecule has 6 heterocycles. The van der Waals surface area contributed by atoms with Gasteiger partial charge in [-0.05, 0) is 19.8 Å². The molecule has 6 rings (SSSR count). The Morgan fingerprint density at radius 2 is 1.90 bits per heavy atom. The van der Waals surface area contributed by atoms with E-state index >= 15 is 0 Å². The summed E-state index contributed by atoms with van der Waals surface area (Å²) >= 11 is 0. The zero-order valence-electron chi connectivity index (χ0n) is 16.7. The van der Waals surface area contributed by atoms with Gasteiger partial charge >= 0.3 is 0 Å². The van der Waals surface area contributed by atoms with Crippen LogP contribution < -0.4 is 4.90 Å². The average Bonchev–Trinajstić information content (AvgIpc) is 3.26. The Morgan fingerprint density at radius 3 is 2.72 bits per heavy atom. The first kappa shape index (κ1) is 17.3. The van der Waals surface area contributed by atoms with Crippen molar-refractivity contribution in [1.29, 1.82) is 0 Å². The molecule has 3 aliphatic heterocycles. The Labute approximate surface area is 169 Å². The number of hydrogen-bond acceptors (Lipinski definition) is 7. The van der Waals surface area contributed by atoms with Crippen LogP contribution in [-0.2, 0) is 17.7 Å². The maximum Gasteiger partial charge on any atom is 0.225 e. The van der Waals surface area contributed by atoms with Crippen molar-refractivity contribution in [2.24, 2.45) is 0 Å². The van der Waals surface area contributed by atoms with E-state index < -0.39 is 0 Å². The van der Waals surface area contributed by atoms with Gasteiger partial charge in [-0.25, -0.2) is 19.5 Å². The van der Waals surface area contributed by atoms with E-state index in [1.165, 1.54) is 29.7 Å². The largest absolute Gasteiger partial charge is 0.378 e. The summed E-state index contributed by atoms with van der Waals surface area (Å²) in [6.45, 7) is 6.14. The summed E-state index contributed by atoms with van der Waals surface area (Å²) < 4.78 is 7.48. The Morgan fingerprint density at radius 1 is 1.07 bits per heavy atom. The first-order valence-corrected chi connectivity index (χ1v) is 10.5. The van der Waals surface area contributed by atoms with Crippen molar-refractivity contribution in [3.63, 3.8) is 0 Å². The molecule has 0 aliphatic carbocycles. The summed E-state index contributed by atoms with van der Waals surface area (Å²) in [7, 11) is 0. The van der Waals surface area contributed by atoms with Crippen LogP contribution in [0.4, 0.5) is 5.95 Å². The first-order valence-electron chi connectivity index (χ1n) is 10.5. The molecule has 29 heavy (non-hydrogen) atoms. The Bertz CT molecular complexity index is 1040. The molecule has 3 aromatic rings. The summed E-state index contributed by atoms with van der Waals surface area (Å²) in [4.78, 5) is 18.7. The summed E-state index contributed by atoms with van der Waals surface area (Å²) in [5.41, 5.74) is 5.83. The highest BCUT2D eigenvalue weighted by atomic mass is 16.5. The third-order valence-electron chi connectivity index (χ3n) is 6.52. The van der Waals surface area contributed by atoms with Crippen molar-refractivity contribution in [2.75, 3.05) is 31.2 Å². The number of aromatic nitrogens is 5. The highest BCUT2D eigenvalue weighted by molar-refractivity contribution is 5.44. The molecule has 3 aliphatic rings. The first-order chi connectivity index (χ1) is 14.3. The zero-order valence-corrected chi connectivity index (χ0v) is 16.7.